The van der Waals surface area contributed by atoms with E-state index in [2.05, 4.69) is 45.3 Å². The zero-order valence-corrected chi connectivity index (χ0v) is 20.0. The minimum atomic E-state index is -1.79. The highest BCUT2D eigenvalue weighted by Crippen LogP contribution is 2.68. The largest absolute Gasteiger partial charge is 0.469 e. The molecule has 4 aliphatic carbocycles. The first kappa shape index (κ1) is 21.8. The third kappa shape index (κ3) is 3.59. The van der Waals surface area contributed by atoms with E-state index in [0.717, 1.165) is 18.4 Å². The van der Waals surface area contributed by atoms with Gasteiger partial charge in [-0.15, -0.1) is 0 Å². The van der Waals surface area contributed by atoms with E-state index in [4.69, 9.17) is 13.9 Å². The number of fused-ring (bicyclic) bond motifs is 1. The van der Waals surface area contributed by atoms with Crippen molar-refractivity contribution in [3.63, 3.8) is 0 Å². The zero-order valence-electron chi connectivity index (χ0n) is 19.0. The molecule has 0 unspecified atom stereocenters. The summed E-state index contributed by atoms with van der Waals surface area (Å²) in [5.74, 6) is 1.18. The number of carbonyl (C=O) groups excluding carboxylic acids is 1. The lowest BCUT2D eigenvalue weighted by molar-refractivity contribution is -0.202. The average Bonchev–Trinajstić information content (AvgIpc) is 2.93. The molecule has 4 bridgehead atoms. The second-order valence-electron chi connectivity index (χ2n) is 10.5. The first-order chi connectivity index (χ1) is 14.2. The normalized spacial score (nSPS) is 37.4. The summed E-state index contributed by atoms with van der Waals surface area (Å²) in [7, 11) is -0.276. The number of esters is 1. The maximum Gasteiger partial charge on any atom is 0.309 e. The maximum atomic E-state index is 12.9. The van der Waals surface area contributed by atoms with Crippen LogP contribution in [0.5, 0.6) is 0 Å². The summed E-state index contributed by atoms with van der Waals surface area (Å²) in [4.78, 5) is 12.9. The smallest absolute Gasteiger partial charge is 0.309 e. The van der Waals surface area contributed by atoms with Crippen LogP contribution in [0.25, 0.3) is 0 Å². The molecule has 0 amide bonds. The predicted octanol–water partition coefficient (Wildman–Crippen LogP) is 5.06. The summed E-state index contributed by atoms with van der Waals surface area (Å²) < 4.78 is 18.5. The van der Waals surface area contributed by atoms with Gasteiger partial charge in [0.25, 0.3) is 0 Å². The lowest BCUT2D eigenvalue weighted by atomic mass is 9.48. The first-order valence-corrected chi connectivity index (χ1v) is 14.7. The molecule has 30 heavy (non-hydrogen) atoms. The molecule has 1 aromatic carbocycles. The minimum absolute atomic E-state index is 0.0854. The Hall–Kier alpha value is -1.43. The molecule has 4 nitrogen and oxygen atoms in total. The molecule has 0 spiro atoms. The summed E-state index contributed by atoms with van der Waals surface area (Å²) in [5.41, 5.74) is 2.26. The average molecular weight is 429 g/mol. The molecule has 0 heterocycles. The Morgan fingerprint density at radius 1 is 1.23 bits per heavy atom. The van der Waals surface area contributed by atoms with Gasteiger partial charge < -0.3 is 13.9 Å². The highest BCUT2D eigenvalue weighted by molar-refractivity contribution is 6.69. The third-order valence-electron chi connectivity index (χ3n) is 7.74. The van der Waals surface area contributed by atoms with Crippen molar-refractivity contribution in [2.75, 3.05) is 13.7 Å². The van der Waals surface area contributed by atoms with E-state index in [1.165, 1.54) is 12.7 Å². The SMILES string of the molecule is C=C1C[C@]2(O[Si](C)(C)C)[C@H]3[C@H](COCc4ccccc4)[C@@H](C(=O)OC)[C@H](C[C@@H]13)[C@@H]2C. The van der Waals surface area contributed by atoms with E-state index in [1.807, 2.05) is 18.2 Å². The first-order valence-electron chi connectivity index (χ1n) is 11.3. The highest BCUT2D eigenvalue weighted by Gasteiger charge is 2.70. The van der Waals surface area contributed by atoms with Gasteiger partial charge in [-0.25, -0.2) is 0 Å². The Bertz CT molecular complexity index is 801. The van der Waals surface area contributed by atoms with Crippen LogP contribution >= 0.6 is 0 Å². The molecular formula is C25H36O4Si. The summed E-state index contributed by atoms with van der Waals surface area (Å²) in [6, 6.07) is 10.2. The van der Waals surface area contributed by atoms with Crippen molar-refractivity contribution in [3.05, 3.63) is 48.0 Å². The van der Waals surface area contributed by atoms with Crippen molar-refractivity contribution in [2.45, 2.75) is 51.6 Å². The molecule has 1 aromatic rings. The molecular weight excluding hydrogens is 392 g/mol. The molecule has 0 saturated heterocycles. The van der Waals surface area contributed by atoms with Crippen LogP contribution in [0.2, 0.25) is 19.6 Å². The van der Waals surface area contributed by atoms with Crippen molar-refractivity contribution in [1.29, 1.82) is 0 Å². The van der Waals surface area contributed by atoms with E-state index >= 15 is 0 Å². The molecule has 164 valence electrons. The number of hydrogen-bond donors (Lipinski definition) is 0. The zero-order chi connectivity index (χ0) is 21.7. The van der Waals surface area contributed by atoms with Crippen LogP contribution in [-0.2, 0) is 25.3 Å². The Morgan fingerprint density at radius 2 is 1.93 bits per heavy atom. The van der Waals surface area contributed by atoms with Crippen LogP contribution in [0, 0.1) is 35.5 Å². The third-order valence-corrected chi connectivity index (χ3v) is 8.73. The highest BCUT2D eigenvalue weighted by atomic mass is 28.4. The minimum Gasteiger partial charge on any atom is -0.469 e. The van der Waals surface area contributed by atoms with Gasteiger partial charge in [0.15, 0.2) is 8.32 Å². The number of methoxy groups -OCH3 is 1. The van der Waals surface area contributed by atoms with Crippen LogP contribution in [0.3, 0.4) is 0 Å². The van der Waals surface area contributed by atoms with Crippen LogP contribution in [0.15, 0.2) is 42.5 Å². The van der Waals surface area contributed by atoms with E-state index in [-0.39, 0.29) is 35.2 Å². The second-order valence-corrected chi connectivity index (χ2v) is 15.0. The van der Waals surface area contributed by atoms with Crippen molar-refractivity contribution in [1.82, 2.24) is 0 Å². The van der Waals surface area contributed by atoms with Gasteiger partial charge in [-0.05, 0) is 61.7 Å². The number of ether oxygens (including phenoxy) is 2. The van der Waals surface area contributed by atoms with Crippen LogP contribution in [0.4, 0.5) is 0 Å². The maximum absolute atomic E-state index is 12.9. The standard InChI is InChI=1S/C25H36O4Si/c1-16-13-25(29-30(4,5)6)17(2)20-12-19(16)23(25)21(22(20)24(26)27-3)15-28-14-18-10-8-7-9-11-18/h7-11,17,19-23H,1,12-15H2,2-6H3/t17-,19-,20+,21+,22-,23+,25+/m0/s1. The van der Waals surface area contributed by atoms with E-state index in [0.29, 0.717) is 25.0 Å². The number of rotatable bonds is 7. The molecule has 0 N–H and O–H groups in total. The Labute approximate surface area is 182 Å². The lowest BCUT2D eigenvalue weighted by Crippen LogP contribution is -2.65. The van der Waals surface area contributed by atoms with Crippen molar-refractivity contribution in [2.24, 2.45) is 35.5 Å². The monoisotopic (exact) mass is 428 g/mol. The summed E-state index contributed by atoms with van der Waals surface area (Å²) in [5, 5.41) is 0. The molecule has 4 saturated carbocycles. The van der Waals surface area contributed by atoms with E-state index in [9.17, 15) is 4.79 Å². The predicted molar refractivity (Wildman–Crippen MR) is 120 cm³/mol. The van der Waals surface area contributed by atoms with Gasteiger partial charge in [-0.2, -0.15) is 0 Å². The number of benzene rings is 1. The Kier molecular flexibility index (Phi) is 5.75. The molecule has 0 aromatic heterocycles. The Balaban J connectivity index is 1.65. The molecule has 7 atom stereocenters. The van der Waals surface area contributed by atoms with Crippen LogP contribution < -0.4 is 0 Å². The fraction of sp³-hybridized carbons (Fsp3) is 0.640. The van der Waals surface area contributed by atoms with Gasteiger partial charge in [0.05, 0.1) is 31.8 Å². The number of hydrogen-bond acceptors (Lipinski definition) is 4. The van der Waals surface area contributed by atoms with Gasteiger partial charge >= 0.3 is 5.97 Å². The summed E-state index contributed by atoms with van der Waals surface area (Å²) in [6.07, 6.45) is 1.95. The van der Waals surface area contributed by atoms with Crippen LogP contribution in [-0.4, -0.2) is 33.6 Å². The summed E-state index contributed by atoms with van der Waals surface area (Å²) in [6.45, 7) is 14.7. The van der Waals surface area contributed by atoms with Crippen molar-refractivity contribution >= 4 is 14.3 Å². The molecule has 5 heteroatoms. The van der Waals surface area contributed by atoms with Crippen molar-refractivity contribution in [3.8, 4) is 0 Å². The quantitative estimate of drug-likeness (QED) is 0.346. The van der Waals surface area contributed by atoms with Gasteiger partial charge in [0.2, 0.25) is 0 Å². The van der Waals surface area contributed by atoms with Gasteiger partial charge in [-0.3, -0.25) is 4.79 Å². The lowest BCUT2D eigenvalue weighted by Gasteiger charge is -2.61. The topological polar surface area (TPSA) is 44.8 Å². The number of carbonyl (C=O) groups is 1. The fourth-order valence-electron chi connectivity index (χ4n) is 6.84. The van der Waals surface area contributed by atoms with E-state index in [1.54, 1.807) is 0 Å². The fourth-order valence-corrected chi connectivity index (χ4v) is 8.38. The summed E-state index contributed by atoms with van der Waals surface area (Å²) >= 11 is 0. The van der Waals surface area contributed by atoms with E-state index < -0.39 is 8.32 Å². The molecule has 5 rings (SSSR count). The Morgan fingerprint density at radius 3 is 2.57 bits per heavy atom. The van der Waals surface area contributed by atoms with Gasteiger partial charge in [0, 0.05) is 5.92 Å². The molecule has 4 aliphatic rings. The van der Waals surface area contributed by atoms with Crippen LogP contribution in [0.1, 0.15) is 25.3 Å². The molecule has 4 fully saturated rings. The van der Waals surface area contributed by atoms with Gasteiger partial charge in [0.1, 0.15) is 0 Å². The second kappa shape index (κ2) is 7.92. The van der Waals surface area contributed by atoms with Crippen molar-refractivity contribution < 1.29 is 18.7 Å². The van der Waals surface area contributed by atoms with Gasteiger partial charge in [-0.1, -0.05) is 49.4 Å². The molecule has 0 aliphatic heterocycles. The molecule has 0 radical (unpaired) electrons.